The van der Waals surface area contributed by atoms with Crippen LogP contribution in [0.3, 0.4) is 0 Å². The molecule has 1 aromatic heterocycles. The van der Waals surface area contributed by atoms with Gasteiger partial charge in [0, 0.05) is 30.2 Å². The maximum atomic E-state index is 12.4. The van der Waals surface area contributed by atoms with Crippen molar-refractivity contribution in [3.63, 3.8) is 0 Å². The van der Waals surface area contributed by atoms with Crippen molar-refractivity contribution in [3.8, 4) is 11.5 Å². The number of ether oxygens (including phenoxy) is 2. The summed E-state index contributed by atoms with van der Waals surface area (Å²) in [4.78, 5) is 20.7. The summed E-state index contributed by atoms with van der Waals surface area (Å²) in [6, 6.07) is 14.7. The average Bonchev–Trinajstić information content (AvgIpc) is 2.74. The number of nitrogens with one attached hydrogen (secondary N) is 2. The second-order valence-electron chi connectivity index (χ2n) is 5.97. The molecule has 0 aliphatic heterocycles. The molecule has 3 aromatic rings. The largest absolute Gasteiger partial charge is 0.493 e. The molecule has 2 aromatic carbocycles. The van der Waals surface area contributed by atoms with Gasteiger partial charge in [0.2, 0.25) is 5.95 Å². The average molecular weight is 378 g/mol. The first-order valence-corrected chi connectivity index (χ1v) is 8.83. The lowest BCUT2D eigenvalue weighted by Crippen LogP contribution is -2.25. The summed E-state index contributed by atoms with van der Waals surface area (Å²) < 4.78 is 10.5. The smallest absolute Gasteiger partial charge is 0.251 e. The molecule has 0 aliphatic carbocycles. The van der Waals surface area contributed by atoms with E-state index in [9.17, 15) is 4.79 Å². The summed E-state index contributed by atoms with van der Waals surface area (Å²) in [6.45, 7) is 0.508. The van der Waals surface area contributed by atoms with Gasteiger partial charge in [-0.15, -0.1) is 0 Å². The van der Waals surface area contributed by atoms with Crippen molar-refractivity contribution in [1.29, 1.82) is 0 Å². The zero-order valence-electron chi connectivity index (χ0n) is 15.8. The van der Waals surface area contributed by atoms with E-state index in [0.29, 0.717) is 36.0 Å². The number of hydrogen-bond donors (Lipinski definition) is 2. The van der Waals surface area contributed by atoms with Crippen molar-refractivity contribution in [3.05, 3.63) is 72.1 Å². The van der Waals surface area contributed by atoms with Gasteiger partial charge in [-0.2, -0.15) is 0 Å². The molecule has 0 unspecified atom stereocenters. The van der Waals surface area contributed by atoms with Crippen LogP contribution in [-0.2, 0) is 6.42 Å². The van der Waals surface area contributed by atoms with E-state index in [1.54, 1.807) is 44.8 Å². The van der Waals surface area contributed by atoms with Crippen molar-refractivity contribution >= 4 is 17.5 Å². The Kier molecular flexibility index (Phi) is 6.41. The highest BCUT2D eigenvalue weighted by Gasteiger charge is 2.08. The number of carbonyl (C=O) groups excluding carboxylic acids is 1. The fourth-order valence-electron chi connectivity index (χ4n) is 2.69. The quantitative estimate of drug-likeness (QED) is 0.626. The van der Waals surface area contributed by atoms with Gasteiger partial charge in [0.25, 0.3) is 5.91 Å². The van der Waals surface area contributed by atoms with Crippen molar-refractivity contribution < 1.29 is 14.3 Å². The Morgan fingerprint density at radius 1 is 0.964 bits per heavy atom. The Bertz CT molecular complexity index is 932. The molecule has 0 atom stereocenters. The lowest BCUT2D eigenvalue weighted by molar-refractivity contribution is 0.0954. The summed E-state index contributed by atoms with van der Waals surface area (Å²) >= 11 is 0. The molecule has 0 radical (unpaired) electrons. The minimum atomic E-state index is -0.141. The second kappa shape index (κ2) is 9.36. The predicted octanol–water partition coefficient (Wildman–Crippen LogP) is 3.21. The van der Waals surface area contributed by atoms with Gasteiger partial charge >= 0.3 is 0 Å². The van der Waals surface area contributed by atoms with E-state index < -0.39 is 0 Å². The number of aromatic nitrogens is 2. The number of nitrogens with zero attached hydrogens (tertiary/aromatic N) is 2. The molecular weight excluding hydrogens is 356 g/mol. The lowest BCUT2D eigenvalue weighted by atomic mass is 10.1. The predicted molar refractivity (Wildman–Crippen MR) is 107 cm³/mol. The van der Waals surface area contributed by atoms with Crippen molar-refractivity contribution in [1.82, 2.24) is 15.3 Å². The van der Waals surface area contributed by atoms with Gasteiger partial charge < -0.3 is 20.1 Å². The van der Waals surface area contributed by atoms with Crippen LogP contribution in [0.1, 0.15) is 15.9 Å². The number of hydrogen-bond acceptors (Lipinski definition) is 6. The number of rotatable bonds is 8. The molecule has 2 N–H and O–H groups in total. The van der Waals surface area contributed by atoms with Gasteiger partial charge in [-0.25, -0.2) is 9.97 Å². The van der Waals surface area contributed by atoms with E-state index in [0.717, 1.165) is 11.3 Å². The van der Waals surface area contributed by atoms with Crippen LogP contribution in [0.15, 0.2) is 60.9 Å². The van der Waals surface area contributed by atoms with Crippen LogP contribution in [-0.4, -0.2) is 36.6 Å². The molecule has 0 fully saturated rings. The SMILES string of the molecule is COc1ccc(CCNC(=O)c2cccc(Nc3ncccn3)c2)cc1OC. The monoisotopic (exact) mass is 378 g/mol. The molecule has 0 bridgehead atoms. The van der Waals surface area contributed by atoms with Crippen LogP contribution >= 0.6 is 0 Å². The molecule has 1 heterocycles. The molecule has 0 saturated heterocycles. The topological polar surface area (TPSA) is 85.4 Å². The number of benzene rings is 2. The minimum absolute atomic E-state index is 0.141. The maximum absolute atomic E-state index is 12.4. The molecule has 0 aliphatic rings. The molecule has 0 saturated carbocycles. The summed E-state index contributed by atoms with van der Waals surface area (Å²) in [7, 11) is 3.20. The van der Waals surface area contributed by atoms with Crippen molar-refractivity contribution in [2.24, 2.45) is 0 Å². The van der Waals surface area contributed by atoms with Gasteiger partial charge in [-0.3, -0.25) is 4.79 Å². The molecule has 144 valence electrons. The first-order chi connectivity index (χ1) is 13.7. The van der Waals surface area contributed by atoms with Crippen LogP contribution in [0, 0.1) is 0 Å². The Hall–Kier alpha value is -3.61. The van der Waals surface area contributed by atoms with Gasteiger partial charge in [-0.1, -0.05) is 12.1 Å². The normalized spacial score (nSPS) is 10.2. The van der Waals surface area contributed by atoms with Crippen LogP contribution in [0.4, 0.5) is 11.6 Å². The fraction of sp³-hybridized carbons (Fsp3) is 0.190. The first kappa shape index (κ1) is 19.2. The van der Waals surface area contributed by atoms with Crippen LogP contribution in [0.25, 0.3) is 0 Å². The molecule has 28 heavy (non-hydrogen) atoms. The Morgan fingerprint density at radius 2 is 1.75 bits per heavy atom. The molecule has 3 rings (SSSR count). The van der Waals surface area contributed by atoms with Crippen LogP contribution in [0.5, 0.6) is 11.5 Å². The highest BCUT2D eigenvalue weighted by Crippen LogP contribution is 2.27. The van der Waals surface area contributed by atoms with Gasteiger partial charge in [-0.05, 0) is 48.4 Å². The molecule has 1 amide bonds. The zero-order valence-corrected chi connectivity index (χ0v) is 15.8. The molecule has 7 nitrogen and oxygen atoms in total. The number of methoxy groups -OCH3 is 2. The van der Waals surface area contributed by atoms with Crippen LogP contribution in [0.2, 0.25) is 0 Å². The van der Waals surface area contributed by atoms with E-state index in [4.69, 9.17) is 9.47 Å². The number of carbonyl (C=O) groups is 1. The Morgan fingerprint density at radius 3 is 2.50 bits per heavy atom. The van der Waals surface area contributed by atoms with E-state index in [-0.39, 0.29) is 5.91 Å². The summed E-state index contributed by atoms with van der Waals surface area (Å²) in [6.07, 6.45) is 3.99. The molecule has 0 spiro atoms. The third kappa shape index (κ3) is 4.97. The van der Waals surface area contributed by atoms with Crippen molar-refractivity contribution in [2.45, 2.75) is 6.42 Å². The molecular formula is C21H22N4O3. The number of amides is 1. The van der Waals surface area contributed by atoms with Gasteiger partial charge in [0.05, 0.1) is 14.2 Å². The molecule has 7 heteroatoms. The summed E-state index contributed by atoms with van der Waals surface area (Å²) in [5.74, 6) is 1.70. The minimum Gasteiger partial charge on any atom is -0.493 e. The third-order valence-corrected chi connectivity index (χ3v) is 4.09. The standard InChI is InChI=1S/C21H22N4O3/c1-27-18-8-7-15(13-19(18)28-2)9-12-22-20(26)16-5-3-6-17(14-16)25-21-23-10-4-11-24-21/h3-8,10-11,13-14H,9,12H2,1-2H3,(H,22,26)(H,23,24,25). The lowest BCUT2D eigenvalue weighted by Gasteiger charge is -2.10. The third-order valence-electron chi connectivity index (χ3n) is 4.09. The second-order valence-corrected chi connectivity index (χ2v) is 5.97. The zero-order chi connectivity index (χ0) is 19.8. The van der Waals surface area contributed by atoms with Gasteiger partial charge in [0.1, 0.15) is 0 Å². The van der Waals surface area contributed by atoms with Gasteiger partial charge in [0.15, 0.2) is 11.5 Å². The Balaban J connectivity index is 1.57. The highest BCUT2D eigenvalue weighted by atomic mass is 16.5. The Labute approximate surface area is 163 Å². The first-order valence-electron chi connectivity index (χ1n) is 8.83. The summed E-state index contributed by atoms with van der Waals surface area (Å²) in [5, 5.41) is 6.01. The van der Waals surface area contributed by atoms with Crippen molar-refractivity contribution in [2.75, 3.05) is 26.1 Å². The van der Waals surface area contributed by atoms with E-state index >= 15 is 0 Å². The van der Waals surface area contributed by atoms with E-state index in [1.807, 2.05) is 30.3 Å². The van der Waals surface area contributed by atoms with Crippen LogP contribution < -0.4 is 20.1 Å². The fourth-order valence-corrected chi connectivity index (χ4v) is 2.69. The van der Waals surface area contributed by atoms with E-state index in [2.05, 4.69) is 20.6 Å². The highest BCUT2D eigenvalue weighted by molar-refractivity contribution is 5.95. The number of anilines is 2. The van der Waals surface area contributed by atoms with E-state index in [1.165, 1.54) is 0 Å². The maximum Gasteiger partial charge on any atom is 0.251 e. The summed E-state index contributed by atoms with van der Waals surface area (Å²) in [5.41, 5.74) is 2.36.